The molecule has 4 heterocycles. The molecule has 13 heteroatoms. The highest BCUT2D eigenvalue weighted by atomic mass is 19.4. The second kappa shape index (κ2) is 12.0. The number of benzene rings is 2. The molecule has 1 fully saturated rings. The van der Waals surface area contributed by atoms with Gasteiger partial charge in [0.1, 0.15) is 5.82 Å². The van der Waals surface area contributed by atoms with E-state index in [1.165, 1.54) is 12.1 Å². The van der Waals surface area contributed by atoms with E-state index in [0.29, 0.717) is 41.5 Å². The summed E-state index contributed by atoms with van der Waals surface area (Å²) in [5.74, 6) is 0.392. The van der Waals surface area contributed by atoms with E-state index in [1.54, 1.807) is 54.6 Å². The van der Waals surface area contributed by atoms with Crippen molar-refractivity contribution < 1.29 is 18.0 Å². The molecule has 0 radical (unpaired) electrons. The number of carbonyl (C=O) groups excluding carboxylic acids is 1. The Morgan fingerprint density at radius 2 is 1.86 bits per heavy atom. The largest absolute Gasteiger partial charge is 0.416 e. The molecule has 0 saturated carbocycles. The van der Waals surface area contributed by atoms with Crippen LogP contribution < -0.4 is 16.0 Å². The van der Waals surface area contributed by atoms with Gasteiger partial charge in [-0.25, -0.2) is 9.97 Å². The quantitative estimate of drug-likeness (QED) is 0.235. The van der Waals surface area contributed by atoms with Crippen molar-refractivity contribution >= 4 is 34.1 Å². The van der Waals surface area contributed by atoms with Crippen LogP contribution in [-0.2, 0) is 19.8 Å². The number of halogens is 3. The molecule has 1 aliphatic rings. The van der Waals surface area contributed by atoms with Crippen LogP contribution in [0.5, 0.6) is 0 Å². The molecule has 3 N–H and O–H groups in total. The maximum absolute atomic E-state index is 14.0. The Labute approximate surface area is 251 Å². The van der Waals surface area contributed by atoms with Crippen molar-refractivity contribution in [3.05, 3.63) is 89.4 Å². The number of hydrogen-bond donors (Lipinski definition) is 3. The number of nitrogens with zero attached hydrogens (tertiary/aromatic N) is 6. The summed E-state index contributed by atoms with van der Waals surface area (Å²) in [5.41, 5.74) is 2.51. The molecular formula is C31H30F3N9O. The molecule has 0 unspecified atom stereocenters. The van der Waals surface area contributed by atoms with E-state index in [9.17, 15) is 18.0 Å². The summed E-state index contributed by atoms with van der Waals surface area (Å²) in [6.45, 7) is 4.88. The van der Waals surface area contributed by atoms with Crippen LogP contribution in [0.2, 0.25) is 0 Å². The van der Waals surface area contributed by atoms with Crippen LogP contribution in [-0.4, -0.2) is 61.7 Å². The van der Waals surface area contributed by atoms with Crippen molar-refractivity contribution in [1.82, 2.24) is 34.9 Å². The van der Waals surface area contributed by atoms with E-state index in [-0.39, 0.29) is 23.4 Å². The molecule has 1 amide bonds. The first-order valence-electron chi connectivity index (χ1n) is 14.1. The van der Waals surface area contributed by atoms with Crippen LogP contribution in [0.3, 0.4) is 0 Å². The van der Waals surface area contributed by atoms with E-state index in [1.807, 2.05) is 17.9 Å². The fraction of sp³-hybridized carbons (Fsp3) is 0.258. The highest BCUT2D eigenvalue weighted by Crippen LogP contribution is 2.35. The molecule has 10 nitrogen and oxygen atoms in total. The number of anilines is 3. The number of aryl methyl sites for hydroxylation is 2. The van der Waals surface area contributed by atoms with Gasteiger partial charge in [0.25, 0.3) is 5.91 Å². The van der Waals surface area contributed by atoms with Crippen LogP contribution in [0, 0.1) is 6.92 Å². The average Bonchev–Trinajstić information content (AvgIpc) is 3.40. The summed E-state index contributed by atoms with van der Waals surface area (Å²) in [4.78, 5) is 28.8. The van der Waals surface area contributed by atoms with Crippen molar-refractivity contribution in [2.75, 3.05) is 36.8 Å². The van der Waals surface area contributed by atoms with E-state index >= 15 is 0 Å². The third-order valence-electron chi connectivity index (χ3n) is 7.54. The number of carbonyl (C=O) groups is 1. The van der Waals surface area contributed by atoms with Crippen molar-refractivity contribution in [1.29, 1.82) is 0 Å². The Morgan fingerprint density at radius 1 is 1.05 bits per heavy atom. The van der Waals surface area contributed by atoms with Crippen LogP contribution in [0.25, 0.3) is 22.4 Å². The Morgan fingerprint density at radius 3 is 2.61 bits per heavy atom. The first-order chi connectivity index (χ1) is 21.2. The number of pyridine rings is 1. The SMILES string of the molecule is Cc1ccc(C(=O)Nc2ccc(CN3CCNCC3)c(C(F)(F)F)c2)cc1Nc1nc(-c2cccnc2)nc2c1cnn2C. The van der Waals surface area contributed by atoms with Gasteiger partial charge in [0, 0.05) is 74.7 Å². The predicted octanol–water partition coefficient (Wildman–Crippen LogP) is 5.15. The molecule has 0 spiro atoms. The Hall–Kier alpha value is -4.88. The normalized spacial score (nSPS) is 14.1. The van der Waals surface area contributed by atoms with Gasteiger partial charge in [-0.05, 0) is 54.4 Å². The van der Waals surface area contributed by atoms with Gasteiger partial charge in [0.15, 0.2) is 11.5 Å². The van der Waals surface area contributed by atoms with Crippen molar-refractivity contribution in [3.63, 3.8) is 0 Å². The molecule has 0 bridgehead atoms. The fourth-order valence-corrected chi connectivity index (χ4v) is 5.14. The number of fused-ring (bicyclic) bond motifs is 1. The first kappa shape index (κ1) is 29.2. The monoisotopic (exact) mass is 601 g/mol. The fourth-order valence-electron chi connectivity index (χ4n) is 5.14. The van der Waals surface area contributed by atoms with E-state index in [4.69, 9.17) is 4.98 Å². The molecule has 6 rings (SSSR count). The number of hydrogen-bond acceptors (Lipinski definition) is 8. The minimum absolute atomic E-state index is 0.0652. The maximum atomic E-state index is 14.0. The number of amides is 1. The second-order valence-corrected chi connectivity index (χ2v) is 10.6. The zero-order valence-corrected chi connectivity index (χ0v) is 24.1. The maximum Gasteiger partial charge on any atom is 0.416 e. The van der Waals surface area contributed by atoms with Crippen molar-refractivity contribution in [2.45, 2.75) is 19.6 Å². The van der Waals surface area contributed by atoms with Gasteiger partial charge in [-0.1, -0.05) is 12.1 Å². The van der Waals surface area contributed by atoms with Crippen LogP contribution in [0.15, 0.2) is 67.1 Å². The van der Waals surface area contributed by atoms with Gasteiger partial charge in [-0.3, -0.25) is 19.4 Å². The zero-order valence-electron chi connectivity index (χ0n) is 24.1. The van der Waals surface area contributed by atoms with Gasteiger partial charge in [0.05, 0.1) is 17.1 Å². The Kier molecular flexibility index (Phi) is 7.97. The molecule has 5 aromatic rings. The summed E-state index contributed by atoms with van der Waals surface area (Å²) < 4.78 is 43.7. The lowest BCUT2D eigenvalue weighted by molar-refractivity contribution is -0.138. The van der Waals surface area contributed by atoms with Crippen LogP contribution in [0.1, 0.15) is 27.0 Å². The zero-order chi connectivity index (χ0) is 30.8. The number of piperazine rings is 1. The highest BCUT2D eigenvalue weighted by Gasteiger charge is 2.34. The third kappa shape index (κ3) is 6.24. The minimum Gasteiger partial charge on any atom is -0.339 e. The van der Waals surface area contributed by atoms with Crippen molar-refractivity contribution in [2.24, 2.45) is 7.05 Å². The molecule has 1 saturated heterocycles. The molecule has 2 aromatic carbocycles. The number of rotatable bonds is 7. The molecule has 0 aliphatic carbocycles. The highest BCUT2D eigenvalue weighted by molar-refractivity contribution is 6.05. The van der Waals surface area contributed by atoms with Gasteiger partial charge in [-0.15, -0.1) is 0 Å². The summed E-state index contributed by atoms with van der Waals surface area (Å²) in [5, 5.41) is 14.1. The number of nitrogens with one attached hydrogen (secondary N) is 3. The van der Waals surface area contributed by atoms with Gasteiger partial charge < -0.3 is 16.0 Å². The minimum atomic E-state index is -4.56. The Balaban J connectivity index is 1.26. The lowest BCUT2D eigenvalue weighted by Crippen LogP contribution is -2.43. The molecule has 3 aromatic heterocycles. The van der Waals surface area contributed by atoms with Gasteiger partial charge in [0.2, 0.25) is 0 Å². The average molecular weight is 602 g/mol. The number of alkyl halides is 3. The summed E-state index contributed by atoms with van der Waals surface area (Å²) in [7, 11) is 1.78. The molecule has 0 atom stereocenters. The van der Waals surface area contributed by atoms with E-state index in [0.717, 1.165) is 30.3 Å². The lowest BCUT2D eigenvalue weighted by atomic mass is 10.0. The molecule has 44 heavy (non-hydrogen) atoms. The topological polar surface area (TPSA) is 113 Å². The van der Waals surface area contributed by atoms with Crippen LogP contribution in [0.4, 0.5) is 30.4 Å². The van der Waals surface area contributed by atoms with Crippen LogP contribution >= 0.6 is 0 Å². The van der Waals surface area contributed by atoms with E-state index < -0.39 is 17.6 Å². The van der Waals surface area contributed by atoms with Crippen molar-refractivity contribution in [3.8, 4) is 11.4 Å². The number of aromatic nitrogens is 5. The third-order valence-corrected chi connectivity index (χ3v) is 7.54. The molecular weight excluding hydrogens is 571 g/mol. The standard InChI is InChI=1S/C31H30F3N9O/c1-19-5-6-20(30(44)38-23-8-7-22(25(15-23)31(32,33)34)18-43-12-10-35-11-13-43)14-26(19)39-28-24-17-37-42(2)29(24)41-27(40-28)21-4-3-9-36-16-21/h3-9,14-17,35H,10-13,18H2,1-2H3,(H,38,44)(H,39,40,41). The Bertz CT molecular complexity index is 1820. The second-order valence-electron chi connectivity index (χ2n) is 10.6. The summed E-state index contributed by atoms with van der Waals surface area (Å²) >= 11 is 0. The summed E-state index contributed by atoms with van der Waals surface area (Å²) in [6.07, 6.45) is 0.423. The first-order valence-corrected chi connectivity index (χ1v) is 14.1. The lowest BCUT2D eigenvalue weighted by Gasteiger charge is -2.28. The smallest absolute Gasteiger partial charge is 0.339 e. The van der Waals surface area contributed by atoms with Gasteiger partial charge in [-0.2, -0.15) is 18.3 Å². The predicted molar refractivity (Wildman–Crippen MR) is 162 cm³/mol. The molecule has 1 aliphatic heterocycles. The summed E-state index contributed by atoms with van der Waals surface area (Å²) in [6, 6.07) is 12.6. The van der Waals surface area contributed by atoms with E-state index in [2.05, 4.69) is 31.0 Å². The van der Waals surface area contributed by atoms with Gasteiger partial charge >= 0.3 is 6.18 Å². The molecule has 226 valence electrons.